The molecule has 5 heteroatoms. The molecule has 1 saturated carbocycles. The Bertz CT molecular complexity index is 962. The van der Waals surface area contributed by atoms with Gasteiger partial charge < -0.3 is 9.80 Å². The van der Waals surface area contributed by atoms with E-state index in [1.807, 2.05) is 35.2 Å². The van der Waals surface area contributed by atoms with Gasteiger partial charge in [0.1, 0.15) is 0 Å². The van der Waals surface area contributed by atoms with Crippen molar-refractivity contribution in [1.29, 1.82) is 0 Å². The van der Waals surface area contributed by atoms with Crippen LogP contribution in [0.1, 0.15) is 54.4 Å². The minimum atomic E-state index is 0.121. The van der Waals surface area contributed by atoms with E-state index in [1.165, 1.54) is 24.8 Å². The number of fused-ring (bicyclic) bond motifs is 1. The summed E-state index contributed by atoms with van der Waals surface area (Å²) in [6.45, 7) is 4.10. The first-order valence-corrected chi connectivity index (χ1v) is 12.7. The summed E-state index contributed by atoms with van der Waals surface area (Å²) in [7, 11) is 0. The fraction of sp³-hybridized carbons (Fsp3) is 0.500. The van der Waals surface area contributed by atoms with Crippen LogP contribution in [0.15, 0.2) is 54.6 Å². The topological polar surface area (TPSA) is 43.9 Å². The molecule has 2 aromatic rings. The Morgan fingerprint density at radius 1 is 0.788 bits per heavy atom. The molecule has 2 amide bonds. The minimum Gasteiger partial charge on any atom is -0.336 e. The van der Waals surface area contributed by atoms with Gasteiger partial charge in [-0.25, -0.2) is 0 Å². The van der Waals surface area contributed by atoms with Gasteiger partial charge in [0, 0.05) is 55.9 Å². The van der Waals surface area contributed by atoms with Gasteiger partial charge >= 0.3 is 0 Å². The van der Waals surface area contributed by atoms with Crippen LogP contribution in [0.3, 0.4) is 0 Å². The largest absolute Gasteiger partial charge is 0.336 e. The molecule has 3 aliphatic rings. The van der Waals surface area contributed by atoms with Crippen molar-refractivity contribution in [3.63, 3.8) is 0 Å². The van der Waals surface area contributed by atoms with E-state index in [0.29, 0.717) is 5.91 Å². The van der Waals surface area contributed by atoms with E-state index < -0.39 is 0 Å². The average molecular weight is 446 g/mol. The van der Waals surface area contributed by atoms with E-state index in [2.05, 4.69) is 34.1 Å². The van der Waals surface area contributed by atoms with E-state index in [9.17, 15) is 9.59 Å². The molecule has 33 heavy (non-hydrogen) atoms. The van der Waals surface area contributed by atoms with Gasteiger partial charge in [-0.1, -0.05) is 55.7 Å². The summed E-state index contributed by atoms with van der Waals surface area (Å²) in [5.41, 5.74) is 3.19. The zero-order valence-electron chi connectivity index (χ0n) is 19.5. The second-order valence-electron chi connectivity index (χ2n) is 9.82. The van der Waals surface area contributed by atoms with Crippen LogP contribution in [-0.2, 0) is 11.2 Å². The molecule has 174 valence electrons. The summed E-state index contributed by atoms with van der Waals surface area (Å²) < 4.78 is 0. The third-order valence-electron chi connectivity index (χ3n) is 7.70. The number of hydrogen-bond acceptors (Lipinski definition) is 3. The highest BCUT2D eigenvalue weighted by Gasteiger charge is 2.36. The van der Waals surface area contributed by atoms with Crippen LogP contribution in [0.5, 0.6) is 0 Å². The first-order chi connectivity index (χ1) is 16.2. The highest BCUT2D eigenvalue weighted by atomic mass is 16.2. The van der Waals surface area contributed by atoms with Gasteiger partial charge in [-0.2, -0.15) is 0 Å². The maximum absolute atomic E-state index is 13.7. The van der Waals surface area contributed by atoms with Gasteiger partial charge in [0.2, 0.25) is 5.91 Å². The Kier molecular flexibility index (Phi) is 6.77. The van der Waals surface area contributed by atoms with Gasteiger partial charge in [0.05, 0.1) is 0 Å². The quantitative estimate of drug-likeness (QED) is 0.702. The normalized spacial score (nSPS) is 22.1. The molecule has 5 rings (SSSR count). The summed E-state index contributed by atoms with van der Waals surface area (Å²) in [5.74, 6) is 0.633. The lowest BCUT2D eigenvalue weighted by Crippen LogP contribution is -2.55. The number of rotatable bonds is 4. The fourth-order valence-corrected chi connectivity index (χ4v) is 5.82. The van der Waals surface area contributed by atoms with Gasteiger partial charge in [0.15, 0.2) is 0 Å². The van der Waals surface area contributed by atoms with Crippen molar-refractivity contribution >= 4 is 17.5 Å². The number of anilines is 1. The lowest BCUT2D eigenvalue weighted by atomic mass is 9.86. The number of para-hydroxylation sites is 1. The van der Waals surface area contributed by atoms with E-state index in [0.717, 1.165) is 69.7 Å². The first-order valence-electron chi connectivity index (χ1n) is 12.7. The standard InChI is InChI=1S/C28H35N3O2/c32-27(23-10-3-1-4-11-23)30-19-17-29(18-20-30)21-25-16-15-22-9-7-8-14-26(22)31(25)28(33)24-12-5-2-6-13-24/h1,3-4,7-11,14,24-25H,2,5-6,12-13,15-21H2. The average Bonchev–Trinajstić information content (AvgIpc) is 2.89. The summed E-state index contributed by atoms with van der Waals surface area (Å²) in [6.07, 6.45) is 7.72. The molecule has 1 atom stereocenters. The van der Waals surface area contributed by atoms with Crippen molar-refractivity contribution in [3.05, 3.63) is 65.7 Å². The van der Waals surface area contributed by atoms with Crippen molar-refractivity contribution in [2.75, 3.05) is 37.6 Å². The van der Waals surface area contributed by atoms with Crippen molar-refractivity contribution in [2.24, 2.45) is 5.92 Å². The predicted molar refractivity (Wildman–Crippen MR) is 131 cm³/mol. The monoisotopic (exact) mass is 445 g/mol. The lowest BCUT2D eigenvalue weighted by Gasteiger charge is -2.43. The minimum absolute atomic E-state index is 0.121. The van der Waals surface area contributed by atoms with Crippen LogP contribution in [-0.4, -0.2) is 60.4 Å². The van der Waals surface area contributed by atoms with Crippen molar-refractivity contribution in [3.8, 4) is 0 Å². The van der Waals surface area contributed by atoms with Gasteiger partial charge in [-0.15, -0.1) is 0 Å². The van der Waals surface area contributed by atoms with Gasteiger partial charge in [-0.05, 0) is 49.4 Å². The highest BCUT2D eigenvalue weighted by Crippen LogP contribution is 2.35. The number of aryl methyl sites for hydroxylation is 1. The zero-order chi connectivity index (χ0) is 22.6. The smallest absolute Gasteiger partial charge is 0.253 e. The van der Waals surface area contributed by atoms with E-state index in [-0.39, 0.29) is 17.9 Å². The van der Waals surface area contributed by atoms with Crippen LogP contribution >= 0.6 is 0 Å². The molecule has 2 heterocycles. The number of carbonyl (C=O) groups is 2. The zero-order valence-corrected chi connectivity index (χ0v) is 19.5. The van der Waals surface area contributed by atoms with Gasteiger partial charge in [0.25, 0.3) is 5.91 Å². The molecule has 0 bridgehead atoms. The van der Waals surface area contributed by atoms with Gasteiger partial charge in [-0.3, -0.25) is 14.5 Å². The summed E-state index contributed by atoms with van der Waals surface area (Å²) in [4.78, 5) is 33.1. The summed E-state index contributed by atoms with van der Waals surface area (Å²) in [6, 6.07) is 18.3. The van der Waals surface area contributed by atoms with Crippen LogP contribution in [0, 0.1) is 5.92 Å². The van der Waals surface area contributed by atoms with E-state index in [4.69, 9.17) is 0 Å². The maximum Gasteiger partial charge on any atom is 0.253 e. The summed E-state index contributed by atoms with van der Waals surface area (Å²) >= 11 is 0. The third-order valence-corrected chi connectivity index (χ3v) is 7.70. The Morgan fingerprint density at radius 2 is 1.48 bits per heavy atom. The number of hydrogen-bond donors (Lipinski definition) is 0. The van der Waals surface area contributed by atoms with Crippen molar-refractivity contribution in [1.82, 2.24) is 9.80 Å². The predicted octanol–water partition coefficient (Wildman–Crippen LogP) is 4.37. The molecule has 1 unspecified atom stereocenters. The SMILES string of the molecule is O=C(c1ccccc1)N1CCN(CC2CCc3ccccc3N2C(=O)C2CCCCC2)CC1. The molecule has 0 aromatic heterocycles. The second kappa shape index (κ2) is 10.1. The Morgan fingerprint density at radius 3 is 2.24 bits per heavy atom. The molecule has 0 spiro atoms. The molecule has 2 aliphatic heterocycles. The Balaban J connectivity index is 1.26. The first kappa shape index (κ1) is 22.1. The number of carbonyl (C=O) groups excluding carboxylic acids is 2. The number of nitrogens with zero attached hydrogens (tertiary/aromatic N) is 3. The molecule has 0 N–H and O–H groups in total. The Labute approximate surface area is 197 Å². The van der Waals surface area contributed by atoms with Crippen molar-refractivity contribution < 1.29 is 9.59 Å². The van der Waals surface area contributed by atoms with Crippen LogP contribution < -0.4 is 4.90 Å². The highest BCUT2D eigenvalue weighted by molar-refractivity contribution is 5.97. The lowest BCUT2D eigenvalue weighted by molar-refractivity contribution is -0.124. The van der Waals surface area contributed by atoms with Crippen LogP contribution in [0.2, 0.25) is 0 Å². The van der Waals surface area contributed by atoms with Crippen molar-refractivity contribution in [2.45, 2.75) is 51.0 Å². The Hall–Kier alpha value is -2.66. The fourth-order valence-electron chi connectivity index (χ4n) is 5.82. The van der Waals surface area contributed by atoms with Crippen LogP contribution in [0.4, 0.5) is 5.69 Å². The molecular weight excluding hydrogens is 410 g/mol. The number of piperazine rings is 1. The van der Waals surface area contributed by atoms with E-state index in [1.54, 1.807) is 0 Å². The molecule has 2 fully saturated rings. The maximum atomic E-state index is 13.7. The number of amides is 2. The molecular formula is C28H35N3O2. The molecule has 5 nitrogen and oxygen atoms in total. The van der Waals surface area contributed by atoms with E-state index >= 15 is 0 Å². The van der Waals surface area contributed by atoms with Crippen LogP contribution in [0.25, 0.3) is 0 Å². The molecule has 0 radical (unpaired) electrons. The molecule has 1 saturated heterocycles. The second-order valence-corrected chi connectivity index (χ2v) is 9.82. The number of benzene rings is 2. The third kappa shape index (κ3) is 4.84. The summed E-state index contributed by atoms with van der Waals surface area (Å²) in [5, 5.41) is 0. The molecule has 1 aliphatic carbocycles. The molecule has 2 aromatic carbocycles.